The molecule has 51 heavy (non-hydrogen) atoms. The highest BCUT2D eigenvalue weighted by Crippen LogP contribution is 2.59. The second-order valence-electron chi connectivity index (χ2n) is 14.8. The topological polar surface area (TPSA) is 66.8 Å². The van der Waals surface area contributed by atoms with Gasteiger partial charge in [-0.2, -0.15) is 0 Å². The molecule has 1 amide bonds. The molecular weight excluding hydrogens is 693 g/mol. The summed E-state index contributed by atoms with van der Waals surface area (Å²) in [4.78, 5) is 41.8. The molecule has 7 rings (SSSR count). The quantitative estimate of drug-likeness (QED) is 0.103. The maximum Gasteiger partial charge on any atom is 0.258 e. The van der Waals surface area contributed by atoms with Gasteiger partial charge in [0, 0.05) is 38.8 Å². The third-order valence-electron chi connectivity index (χ3n) is 10.9. The number of nitrogens with zero attached hydrogens (tertiary/aromatic N) is 1. The van der Waals surface area contributed by atoms with Crippen LogP contribution in [0.5, 0.6) is 0 Å². The molecule has 1 aliphatic carbocycles. The van der Waals surface area contributed by atoms with Crippen molar-refractivity contribution < 1.29 is 19.1 Å². The average Bonchev–Trinajstić information content (AvgIpc) is 3.86. The van der Waals surface area contributed by atoms with Crippen molar-refractivity contribution in [2.75, 3.05) is 6.61 Å². The van der Waals surface area contributed by atoms with Gasteiger partial charge in [0.25, 0.3) is 14.2 Å². The minimum Gasteiger partial charge on any atom is -0.424 e. The van der Waals surface area contributed by atoms with E-state index in [0.717, 1.165) is 40.8 Å². The van der Waals surface area contributed by atoms with Crippen LogP contribution in [0.2, 0.25) is 15.1 Å². The van der Waals surface area contributed by atoms with Crippen LogP contribution in [-0.2, 0) is 17.0 Å². The van der Waals surface area contributed by atoms with Gasteiger partial charge in [0.1, 0.15) is 0 Å². The SMILES string of the molecule is CC(=O)c1ccc2c(c1)C(=O)N(Cc1ccc(Cl)cc1)C2(OCC1(CC(C)(C)[Si](O)(c2ccccc2)c2ccccc2)CC1)c1ccc(Cl)cc1. The van der Waals surface area contributed by atoms with Crippen LogP contribution >= 0.6 is 23.2 Å². The monoisotopic (exact) mass is 733 g/mol. The standard InChI is InChI=1S/C43H41Cl2NO4Si/c1-30(47)32-16-23-39-38(26-32)40(48)46(27-31-14-19-34(44)20-15-31)43(39,33-17-21-35(45)22-18-33)50-29-42(24-25-42)28-41(2,3)51(49,36-10-6-4-7-11-36)37-12-8-5-9-13-37/h4-23,26,49H,24-25,27-29H2,1-3H3. The van der Waals surface area contributed by atoms with Gasteiger partial charge in [-0.15, -0.1) is 0 Å². The molecule has 5 aromatic rings. The number of amides is 1. The molecule has 0 spiro atoms. The first-order chi connectivity index (χ1) is 24.4. The lowest BCUT2D eigenvalue weighted by Gasteiger charge is -2.44. The smallest absolute Gasteiger partial charge is 0.258 e. The number of fused-ring (bicyclic) bond motifs is 1. The number of carbonyl (C=O) groups is 2. The largest absolute Gasteiger partial charge is 0.424 e. The van der Waals surface area contributed by atoms with E-state index in [1.165, 1.54) is 6.92 Å². The fourth-order valence-corrected chi connectivity index (χ4v) is 12.2. The van der Waals surface area contributed by atoms with Crippen LogP contribution in [0.15, 0.2) is 127 Å². The zero-order valence-electron chi connectivity index (χ0n) is 29.0. The number of benzene rings is 5. The molecule has 1 fully saturated rings. The molecule has 1 saturated carbocycles. The molecule has 1 N–H and O–H groups in total. The van der Waals surface area contributed by atoms with E-state index in [1.807, 2.05) is 91.0 Å². The Hall–Kier alpha value is -4.04. The molecule has 1 aliphatic heterocycles. The Balaban J connectivity index is 1.31. The van der Waals surface area contributed by atoms with Crippen LogP contribution in [0.1, 0.15) is 77.4 Å². The first-order valence-electron chi connectivity index (χ1n) is 17.3. The molecule has 0 saturated heterocycles. The molecule has 2 aliphatic rings. The lowest BCUT2D eigenvalue weighted by atomic mass is 9.90. The van der Waals surface area contributed by atoms with Crippen molar-refractivity contribution in [3.8, 4) is 0 Å². The third-order valence-corrected chi connectivity index (χ3v) is 15.8. The molecule has 260 valence electrons. The number of ether oxygens (including phenoxy) is 1. The summed E-state index contributed by atoms with van der Waals surface area (Å²) in [6, 6.07) is 40.4. The van der Waals surface area contributed by atoms with Crippen molar-refractivity contribution in [2.45, 2.75) is 57.3 Å². The lowest BCUT2D eigenvalue weighted by molar-refractivity contribution is -0.126. The fourth-order valence-electron chi connectivity index (χ4n) is 8.03. The van der Waals surface area contributed by atoms with Gasteiger partial charge in [-0.1, -0.05) is 134 Å². The van der Waals surface area contributed by atoms with E-state index >= 15 is 0 Å². The van der Waals surface area contributed by atoms with Crippen molar-refractivity contribution >= 4 is 53.6 Å². The number of ketones is 1. The lowest BCUT2D eigenvalue weighted by Crippen LogP contribution is -2.65. The van der Waals surface area contributed by atoms with E-state index in [4.69, 9.17) is 27.9 Å². The normalized spacial score (nSPS) is 18.1. The number of Topliss-reactive ketones (excluding diaryl/α,β-unsaturated/α-hetero) is 1. The second-order valence-corrected chi connectivity index (χ2v) is 19.6. The Morgan fingerprint density at radius 1 is 0.824 bits per heavy atom. The predicted molar refractivity (Wildman–Crippen MR) is 206 cm³/mol. The molecule has 5 aromatic carbocycles. The molecule has 5 nitrogen and oxygen atoms in total. The summed E-state index contributed by atoms with van der Waals surface area (Å²) < 4.78 is 7.30. The van der Waals surface area contributed by atoms with Crippen LogP contribution in [0.3, 0.4) is 0 Å². The highest BCUT2D eigenvalue weighted by Gasteiger charge is 2.59. The minimum atomic E-state index is -3.28. The number of carbonyl (C=O) groups excluding carboxylic acids is 2. The first-order valence-corrected chi connectivity index (χ1v) is 20.0. The van der Waals surface area contributed by atoms with Crippen LogP contribution in [0.25, 0.3) is 0 Å². The first kappa shape index (κ1) is 35.4. The van der Waals surface area contributed by atoms with Crippen LogP contribution in [0.4, 0.5) is 0 Å². The van der Waals surface area contributed by atoms with Crippen molar-refractivity contribution in [2.24, 2.45) is 5.41 Å². The van der Waals surface area contributed by atoms with Gasteiger partial charge in [-0.25, -0.2) is 0 Å². The molecule has 0 radical (unpaired) electrons. The molecular formula is C43H41Cl2NO4Si. The van der Waals surface area contributed by atoms with Gasteiger partial charge in [0.15, 0.2) is 11.5 Å². The van der Waals surface area contributed by atoms with Gasteiger partial charge >= 0.3 is 0 Å². The highest BCUT2D eigenvalue weighted by molar-refractivity contribution is 6.98. The minimum absolute atomic E-state index is 0.118. The predicted octanol–water partition coefficient (Wildman–Crippen LogP) is 8.77. The molecule has 8 heteroatoms. The molecule has 0 bridgehead atoms. The summed E-state index contributed by atoms with van der Waals surface area (Å²) in [5.74, 6) is -0.342. The molecule has 1 heterocycles. The Kier molecular flexibility index (Phi) is 9.36. The molecule has 1 atom stereocenters. The van der Waals surface area contributed by atoms with E-state index in [9.17, 15) is 14.4 Å². The van der Waals surface area contributed by atoms with Gasteiger partial charge < -0.3 is 9.53 Å². The van der Waals surface area contributed by atoms with Crippen molar-refractivity contribution in [1.29, 1.82) is 0 Å². The highest BCUT2D eigenvalue weighted by atomic mass is 35.5. The maximum atomic E-state index is 14.6. The zero-order chi connectivity index (χ0) is 36.0. The summed E-state index contributed by atoms with van der Waals surface area (Å²) in [5.41, 5.74) is 1.70. The van der Waals surface area contributed by atoms with Gasteiger partial charge in [0.2, 0.25) is 0 Å². The van der Waals surface area contributed by atoms with E-state index in [2.05, 4.69) is 38.1 Å². The summed E-state index contributed by atoms with van der Waals surface area (Å²) in [5, 5.41) is 2.64. The van der Waals surface area contributed by atoms with E-state index < -0.39 is 19.1 Å². The van der Waals surface area contributed by atoms with E-state index in [1.54, 1.807) is 17.0 Å². The fraction of sp³-hybridized carbons (Fsp3) is 0.256. The van der Waals surface area contributed by atoms with Crippen LogP contribution < -0.4 is 10.4 Å². The second kappa shape index (κ2) is 13.5. The van der Waals surface area contributed by atoms with Crippen molar-refractivity contribution in [1.82, 2.24) is 4.90 Å². The number of rotatable bonds is 12. The van der Waals surface area contributed by atoms with Crippen LogP contribution in [-0.4, -0.2) is 36.3 Å². The number of hydrogen-bond acceptors (Lipinski definition) is 4. The summed E-state index contributed by atoms with van der Waals surface area (Å²) in [6.07, 6.45) is 2.59. The Bertz CT molecular complexity index is 2030. The molecule has 0 aromatic heterocycles. The molecule has 1 unspecified atom stereocenters. The Morgan fingerprint density at radius 2 is 1.37 bits per heavy atom. The Morgan fingerprint density at radius 3 is 1.90 bits per heavy atom. The van der Waals surface area contributed by atoms with Gasteiger partial charge in [-0.3, -0.25) is 14.5 Å². The average molecular weight is 735 g/mol. The number of hydrogen-bond donors (Lipinski definition) is 1. The van der Waals surface area contributed by atoms with E-state index in [0.29, 0.717) is 33.3 Å². The summed E-state index contributed by atoms with van der Waals surface area (Å²) in [7, 11) is -3.28. The van der Waals surface area contributed by atoms with Gasteiger partial charge in [-0.05, 0) is 82.9 Å². The number of halogens is 2. The van der Waals surface area contributed by atoms with E-state index in [-0.39, 0.29) is 23.7 Å². The maximum absolute atomic E-state index is 14.6. The zero-order valence-corrected chi connectivity index (χ0v) is 31.5. The Labute approximate surface area is 310 Å². The van der Waals surface area contributed by atoms with Crippen molar-refractivity contribution in [3.63, 3.8) is 0 Å². The van der Waals surface area contributed by atoms with Gasteiger partial charge in [0.05, 0.1) is 6.61 Å². The summed E-state index contributed by atoms with van der Waals surface area (Å²) >= 11 is 12.7. The van der Waals surface area contributed by atoms with Crippen molar-refractivity contribution in [3.05, 3.63) is 165 Å². The summed E-state index contributed by atoms with van der Waals surface area (Å²) in [6.45, 7) is 6.49. The van der Waals surface area contributed by atoms with Crippen LogP contribution in [0, 0.1) is 5.41 Å². The third kappa shape index (κ3) is 6.38.